The minimum Gasteiger partial charge on any atom is -0.508 e. The molecule has 4 saturated carbocycles. The molecule has 0 radical (unpaired) electrons. The van der Waals surface area contributed by atoms with Gasteiger partial charge in [-0.05, 0) is 135 Å². The monoisotopic (exact) mass is 608 g/mol. The van der Waals surface area contributed by atoms with E-state index in [4.69, 9.17) is 4.74 Å². The third-order valence-corrected chi connectivity index (χ3v) is 14.5. The van der Waals surface area contributed by atoms with E-state index in [0.717, 1.165) is 57.8 Å². The van der Waals surface area contributed by atoms with Crippen LogP contribution in [0.15, 0.2) is 35.9 Å². The number of allylic oxidation sites excluding steroid dienone is 2. The maximum absolute atomic E-state index is 13.2. The maximum Gasteiger partial charge on any atom is 0.338 e. The van der Waals surface area contributed by atoms with E-state index in [1.54, 1.807) is 5.57 Å². The van der Waals surface area contributed by atoms with Gasteiger partial charge in [0.1, 0.15) is 17.3 Å². The topological polar surface area (TPSA) is 124 Å². The lowest BCUT2D eigenvalue weighted by atomic mass is 9.41. The molecule has 0 amide bonds. The van der Waals surface area contributed by atoms with E-state index in [2.05, 4.69) is 33.8 Å². The molecule has 0 aliphatic heterocycles. The van der Waals surface area contributed by atoms with Crippen LogP contribution in [0.25, 0.3) is 0 Å². The van der Waals surface area contributed by atoms with E-state index in [9.17, 15) is 30.0 Å². The lowest BCUT2D eigenvalue weighted by Crippen LogP contribution is -2.62. The van der Waals surface area contributed by atoms with Gasteiger partial charge >= 0.3 is 11.9 Å². The Morgan fingerprint density at radius 2 is 1.55 bits per heavy atom. The average molecular weight is 609 g/mol. The van der Waals surface area contributed by atoms with Gasteiger partial charge in [-0.15, -0.1) is 0 Å². The maximum atomic E-state index is 13.2. The number of carboxylic acids is 1. The number of fused-ring (bicyclic) bond motifs is 6. The van der Waals surface area contributed by atoms with Crippen LogP contribution in [0.4, 0.5) is 0 Å². The second kappa shape index (κ2) is 10.6. The number of phenols is 1. The molecule has 0 unspecified atom stereocenters. The lowest BCUT2D eigenvalue weighted by molar-refractivity contribution is -0.200. The van der Waals surface area contributed by atoms with Gasteiger partial charge in [0.15, 0.2) is 0 Å². The van der Waals surface area contributed by atoms with Crippen molar-refractivity contribution in [3.05, 3.63) is 41.5 Å². The molecule has 6 rings (SSSR count). The summed E-state index contributed by atoms with van der Waals surface area (Å²) >= 11 is 0. The van der Waals surface area contributed by atoms with Crippen molar-refractivity contribution >= 4 is 11.9 Å². The number of carbonyl (C=O) groups is 2. The van der Waals surface area contributed by atoms with Crippen LogP contribution in [0.2, 0.25) is 0 Å². The Labute approximate surface area is 262 Å². The van der Waals surface area contributed by atoms with Gasteiger partial charge in [-0.2, -0.15) is 0 Å². The fraction of sp³-hybridized carbons (Fsp3) is 0.730. The molecule has 4 fully saturated rings. The van der Waals surface area contributed by atoms with Crippen molar-refractivity contribution in [2.24, 2.45) is 50.7 Å². The molecular formula is C37H52O7. The van der Waals surface area contributed by atoms with Gasteiger partial charge in [0.05, 0.1) is 18.3 Å². The molecule has 1 aromatic carbocycles. The van der Waals surface area contributed by atoms with Gasteiger partial charge in [-0.1, -0.05) is 39.3 Å². The minimum atomic E-state index is -1.21. The highest BCUT2D eigenvalue weighted by Crippen LogP contribution is 2.70. The van der Waals surface area contributed by atoms with E-state index >= 15 is 0 Å². The zero-order valence-corrected chi connectivity index (χ0v) is 27.1. The van der Waals surface area contributed by atoms with Crippen LogP contribution in [0.3, 0.4) is 0 Å². The Kier molecular flexibility index (Phi) is 7.60. The summed E-state index contributed by atoms with van der Waals surface area (Å²) in [5, 5.41) is 41.9. The standard InChI is InChI=1S/C37H52O7/c1-33-17-14-28-35(3,19-16-30(37(28,5)32(42)43)44-31(41)22-6-9-24(39)10-7-22)26(33)13-11-25-23(20-33)8-12-27-34(25,2)18-15-29(40)36(27,4)21-38/h6-10,25-30,38-40H,11-21H2,1-5H3,(H,42,43)/t25-,26-,27+,28+,29+,30-,33-,34+,35+,36+,37+/m0/s1. The molecule has 5 aliphatic carbocycles. The summed E-state index contributed by atoms with van der Waals surface area (Å²) < 4.78 is 6.01. The van der Waals surface area contributed by atoms with Crippen LogP contribution in [-0.2, 0) is 9.53 Å². The van der Waals surface area contributed by atoms with Crippen LogP contribution in [-0.4, -0.2) is 51.2 Å². The van der Waals surface area contributed by atoms with Crippen molar-refractivity contribution in [1.82, 2.24) is 0 Å². The first kappa shape index (κ1) is 31.6. The second-order valence-corrected chi connectivity index (χ2v) is 16.5. The van der Waals surface area contributed by atoms with Gasteiger partial charge in [-0.25, -0.2) is 4.79 Å². The van der Waals surface area contributed by atoms with Gasteiger partial charge in [0, 0.05) is 5.41 Å². The first-order valence-corrected chi connectivity index (χ1v) is 16.8. The summed E-state index contributed by atoms with van der Waals surface area (Å²) in [6.07, 6.45) is 9.94. The number of hydrogen-bond acceptors (Lipinski definition) is 6. The number of benzene rings is 1. The Hall–Kier alpha value is -2.38. The number of rotatable bonds is 4. The van der Waals surface area contributed by atoms with Gasteiger partial charge in [0.25, 0.3) is 0 Å². The fourth-order valence-corrected chi connectivity index (χ4v) is 11.9. The average Bonchev–Trinajstić information content (AvgIpc) is 3.14. The summed E-state index contributed by atoms with van der Waals surface area (Å²) in [4.78, 5) is 26.3. The number of aliphatic carboxylic acids is 1. The smallest absolute Gasteiger partial charge is 0.338 e. The Bertz CT molecular complexity index is 1340. The molecule has 0 bridgehead atoms. The Balaban J connectivity index is 1.30. The first-order chi connectivity index (χ1) is 20.6. The van der Waals surface area contributed by atoms with E-state index < -0.39 is 35.0 Å². The molecule has 0 aromatic heterocycles. The minimum absolute atomic E-state index is 0.00331. The van der Waals surface area contributed by atoms with Gasteiger partial charge in [-0.3, -0.25) is 4.79 Å². The molecule has 11 atom stereocenters. The van der Waals surface area contributed by atoms with Crippen molar-refractivity contribution in [3.8, 4) is 5.75 Å². The number of phenolic OH excluding ortho intramolecular Hbond substituents is 1. The van der Waals surface area contributed by atoms with Crippen molar-refractivity contribution in [2.75, 3.05) is 6.61 Å². The van der Waals surface area contributed by atoms with Crippen molar-refractivity contribution in [2.45, 2.75) is 111 Å². The Morgan fingerprint density at radius 1 is 0.864 bits per heavy atom. The van der Waals surface area contributed by atoms with Gasteiger partial charge < -0.3 is 25.2 Å². The first-order valence-electron chi connectivity index (χ1n) is 16.8. The molecule has 4 N–H and O–H groups in total. The molecule has 7 nitrogen and oxygen atoms in total. The highest BCUT2D eigenvalue weighted by Gasteiger charge is 2.67. The molecule has 0 saturated heterocycles. The largest absolute Gasteiger partial charge is 0.508 e. The van der Waals surface area contributed by atoms with Crippen molar-refractivity contribution in [1.29, 1.82) is 0 Å². The quantitative estimate of drug-likeness (QED) is 0.220. The summed E-state index contributed by atoms with van der Waals surface area (Å²) in [6, 6.07) is 5.90. The number of hydrogen-bond donors (Lipinski definition) is 4. The molecule has 242 valence electrons. The summed E-state index contributed by atoms with van der Waals surface area (Å²) in [5.74, 6) is -0.551. The molecule has 44 heavy (non-hydrogen) atoms. The molecule has 1 aromatic rings. The highest BCUT2D eigenvalue weighted by molar-refractivity contribution is 5.90. The predicted octanol–water partition coefficient (Wildman–Crippen LogP) is 6.75. The number of ether oxygens (including phenoxy) is 1. The fourth-order valence-electron chi connectivity index (χ4n) is 11.9. The number of aromatic hydroxyl groups is 1. The molecule has 0 spiro atoms. The number of aliphatic hydroxyl groups is 2. The number of carboxylic acid groups (broad SMARTS) is 1. The Morgan fingerprint density at radius 3 is 2.20 bits per heavy atom. The lowest BCUT2D eigenvalue weighted by Gasteiger charge is -2.63. The van der Waals surface area contributed by atoms with Crippen LogP contribution in [0.5, 0.6) is 5.75 Å². The summed E-state index contributed by atoms with van der Waals surface area (Å²) in [5.41, 5.74) is -0.00568. The third kappa shape index (κ3) is 4.42. The van der Waals surface area contributed by atoms with Crippen LogP contribution in [0.1, 0.15) is 109 Å². The van der Waals surface area contributed by atoms with Crippen molar-refractivity contribution in [3.63, 3.8) is 0 Å². The molecule has 5 aliphatic rings. The molecule has 7 heteroatoms. The predicted molar refractivity (Wildman–Crippen MR) is 167 cm³/mol. The SMILES string of the molecule is C[C@@]12CC[C@@H]3[C@](C)(CC[C@H](OC(=O)c4ccc(O)cc4)[C@]3(C)C(=O)O)[C@H]1CC[C@H]1C(=CC[C@@H]3[C@]1(C)CC[C@@H](O)[C@]3(C)CO)C2. The third-order valence-electron chi connectivity index (χ3n) is 14.5. The van der Waals surface area contributed by atoms with Crippen molar-refractivity contribution < 1.29 is 34.8 Å². The van der Waals surface area contributed by atoms with Crippen LogP contribution >= 0.6 is 0 Å². The van der Waals surface area contributed by atoms with E-state index in [-0.39, 0.29) is 40.4 Å². The number of carbonyl (C=O) groups excluding carboxylic acids is 1. The number of esters is 1. The van der Waals surface area contributed by atoms with E-state index in [1.165, 1.54) is 24.3 Å². The second-order valence-electron chi connectivity index (χ2n) is 16.5. The van der Waals surface area contributed by atoms with Gasteiger partial charge in [0.2, 0.25) is 0 Å². The van der Waals surface area contributed by atoms with Crippen LogP contribution in [0, 0.1) is 50.7 Å². The number of aliphatic hydroxyl groups excluding tert-OH is 2. The zero-order valence-electron chi connectivity index (χ0n) is 27.1. The zero-order chi connectivity index (χ0) is 31.9. The molecular weight excluding hydrogens is 556 g/mol. The van der Waals surface area contributed by atoms with E-state index in [1.807, 2.05) is 6.92 Å². The molecule has 0 heterocycles. The summed E-state index contributed by atoms with van der Waals surface area (Å²) in [7, 11) is 0. The normalized spacial score (nSPS) is 46.7. The summed E-state index contributed by atoms with van der Waals surface area (Å²) in [6.45, 7) is 11.0. The van der Waals surface area contributed by atoms with E-state index in [0.29, 0.717) is 23.8 Å². The van der Waals surface area contributed by atoms with Crippen LogP contribution < -0.4 is 0 Å². The highest BCUT2D eigenvalue weighted by atomic mass is 16.5.